The van der Waals surface area contributed by atoms with Gasteiger partial charge < -0.3 is 13.9 Å². The molecule has 3 rings (SSSR count). The first-order valence-corrected chi connectivity index (χ1v) is 7.75. The van der Waals surface area contributed by atoms with Crippen molar-refractivity contribution in [3.8, 4) is 22.8 Å². The van der Waals surface area contributed by atoms with Crippen molar-refractivity contribution in [2.24, 2.45) is 0 Å². The van der Waals surface area contributed by atoms with Crippen LogP contribution in [0.3, 0.4) is 0 Å². The van der Waals surface area contributed by atoms with Crippen LogP contribution in [0.15, 0.2) is 53.1 Å². The number of carbonyl (C=O) groups is 1. The summed E-state index contributed by atoms with van der Waals surface area (Å²) in [6.45, 7) is 2.40. The predicted molar refractivity (Wildman–Crippen MR) is 89.2 cm³/mol. The molecule has 0 bridgehead atoms. The van der Waals surface area contributed by atoms with Crippen molar-refractivity contribution < 1.29 is 23.1 Å². The second-order valence-corrected chi connectivity index (χ2v) is 5.17. The summed E-state index contributed by atoms with van der Waals surface area (Å²) in [6, 6.07) is 10.9. The Balaban J connectivity index is 1.72. The molecule has 0 aliphatic heterocycles. The van der Waals surface area contributed by atoms with Crippen LogP contribution in [0.2, 0.25) is 0 Å². The smallest absolute Gasteiger partial charge is 0.232 e. The van der Waals surface area contributed by atoms with Gasteiger partial charge in [0.05, 0.1) is 12.8 Å². The molecule has 3 aromatic rings. The van der Waals surface area contributed by atoms with Gasteiger partial charge in [-0.3, -0.25) is 4.79 Å². The molecule has 0 radical (unpaired) electrons. The van der Waals surface area contributed by atoms with E-state index in [-0.39, 0.29) is 12.4 Å². The van der Waals surface area contributed by atoms with Gasteiger partial charge in [0.15, 0.2) is 23.9 Å². The molecule has 1 aromatic heterocycles. The largest absolute Gasteiger partial charge is 0.490 e. The molecular weight excluding hydrogens is 325 g/mol. The molecule has 0 amide bonds. The van der Waals surface area contributed by atoms with Crippen molar-refractivity contribution in [2.75, 3.05) is 6.61 Å². The number of ether oxygens (including phenoxy) is 2. The van der Waals surface area contributed by atoms with Crippen LogP contribution < -0.4 is 9.47 Å². The number of halogens is 1. The normalized spacial score (nSPS) is 10.5. The van der Waals surface area contributed by atoms with Crippen LogP contribution >= 0.6 is 0 Å². The minimum atomic E-state index is -0.311. The Labute approximate surface area is 144 Å². The van der Waals surface area contributed by atoms with Crippen molar-refractivity contribution in [1.82, 2.24) is 4.98 Å². The number of hydrogen-bond acceptors (Lipinski definition) is 5. The summed E-state index contributed by atoms with van der Waals surface area (Å²) in [6.07, 6.45) is 2.31. The highest BCUT2D eigenvalue weighted by Gasteiger charge is 2.10. The van der Waals surface area contributed by atoms with Gasteiger partial charge in [0.25, 0.3) is 0 Å². The third kappa shape index (κ3) is 4.03. The summed E-state index contributed by atoms with van der Waals surface area (Å²) in [5.41, 5.74) is 1.23. The van der Waals surface area contributed by atoms with Gasteiger partial charge >= 0.3 is 0 Å². The summed E-state index contributed by atoms with van der Waals surface area (Å²) in [4.78, 5) is 15.0. The van der Waals surface area contributed by atoms with E-state index in [4.69, 9.17) is 13.9 Å². The van der Waals surface area contributed by atoms with Crippen molar-refractivity contribution >= 4 is 6.29 Å². The van der Waals surface area contributed by atoms with E-state index in [0.29, 0.717) is 35.3 Å². The number of carbonyl (C=O) groups excluding carboxylic acids is 1. The Morgan fingerprint density at radius 1 is 1.12 bits per heavy atom. The first-order valence-electron chi connectivity index (χ1n) is 7.75. The van der Waals surface area contributed by atoms with Crippen LogP contribution in [-0.4, -0.2) is 17.9 Å². The highest BCUT2D eigenvalue weighted by molar-refractivity contribution is 5.76. The van der Waals surface area contributed by atoms with E-state index < -0.39 is 0 Å². The summed E-state index contributed by atoms with van der Waals surface area (Å²) in [5.74, 6) is 1.57. The third-order valence-corrected chi connectivity index (χ3v) is 3.44. The van der Waals surface area contributed by atoms with E-state index in [1.165, 1.54) is 12.1 Å². The molecule has 2 aromatic carbocycles. The molecule has 0 aliphatic carbocycles. The Morgan fingerprint density at radius 2 is 1.92 bits per heavy atom. The fourth-order valence-corrected chi connectivity index (χ4v) is 2.25. The molecule has 1 heterocycles. The molecule has 0 saturated carbocycles. The summed E-state index contributed by atoms with van der Waals surface area (Å²) in [7, 11) is 0. The first-order chi connectivity index (χ1) is 12.2. The van der Waals surface area contributed by atoms with E-state index in [9.17, 15) is 9.18 Å². The summed E-state index contributed by atoms with van der Waals surface area (Å²) in [5, 5.41) is 0. The number of aromatic nitrogens is 1. The lowest BCUT2D eigenvalue weighted by Gasteiger charge is -2.11. The molecule has 25 heavy (non-hydrogen) atoms. The highest BCUT2D eigenvalue weighted by Crippen LogP contribution is 2.29. The van der Waals surface area contributed by atoms with Crippen molar-refractivity contribution in [2.45, 2.75) is 13.5 Å². The zero-order chi connectivity index (χ0) is 17.6. The maximum Gasteiger partial charge on any atom is 0.232 e. The van der Waals surface area contributed by atoms with Gasteiger partial charge in [0, 0.05) is 11.1 Å². The third-order valence-electron chi connectivity index (χ3n) is 3.44. The molecule has 128 valence electrons. The number of aldehydes is 1. The zero-order valence-electron chi connectivity index (χ0n) is 13.6. The predicted octanol–water partition coefficient (Wildman–Crippen LogP) is 4.27. The second-order valence-electron chi connectivity index (χ2n) is 5.17. The van der Waals surface area contributed by atoms with Crippen LogP contribution in [0, 0.1) is 5.82 Å². The van der Waals surface area contributed by atoms with Gasteiger partial charge in [0.2, 0.25) is 5.89 Å². The van der Waals surface area contributed by atoms with Crippen LogP contribution in [0.5, 0.6) is 11.5 Å². The molecule has 5 nitrogen and oxygen atoms in total. The average molecular weight is 341 g/mol. The average Bonchev–Trinajstić information content (AvgIpc) is 3.10. The van der Waals surface area contributed by atoms with Gasteiger partial charge in [0.1, 0.15) is 12.1 Å². The zero-order valence-corrected chi connectivity index (χ0v) is 13.6. The van der Waals surface area contributed by atoms with Crippen LogP contribution in [0.25, 0.3) is 11.3 Å². The van der Waals surface area contributed by atoms with Crippen molar-refractivity contribution in [1.29, 1.82) is 0 Å². The highest BCUT2D eigenvalue weighted by atomic mass is 19.1. The number of nitrogens with zero attached hydrogens (tertiary/aromatic N) is 1. The minimum absolute atomic E-state index is 0.0989. The van der Waals surface area contributed by atoms with Crippen LogP contribution in [-0.2, 0) is 6.61 Å². The van der Waals surface area contributed by atoms with Gasteiger partial charge in [-0.15, -0.1) is 0 Å². The molecule has 0 spiro atoms. The SMILES string of the molecule is CCOc1cc(C=O)ccc1OCc1ncc(-c2ccc(F)cc2)o1. The van der Waals surface area contributed by atoms with Crippen molar-refractivity contribution in [3.05, 3.63) is 65.9 Å². The lowest BCUT2D eigenvalue weighted by Crippen LogP contribution is -2.00. The molecule has 0 fully saturated rings. The van der Waals surface area contributed by atoms with Gasteiger partial charge in [-0.05, 0) is 49.4 Å². The number of benzene rings is 2. The standard InChI is InChI=1S/C19H16FNO4/c1-2-23-17-9-13(11-22)3-8-16(17)24-12-19-21-10-18(25-19)14-4-6-15(20)7-5-14/h3-11H,2,12H2,1H3. The van der Waals surface area contributed by atoms with E-state index in [1.54, 1.807) is 36.5 Å². The molecule has 0 atom stereocenters. The molecular formula is C19H16FNO4. The lowest BCUT2D eigenvalue weighted by molar-refractivity contribution is 0.112. The monoisotopic (exact) mass is 341 g/mol. The number of oxazole rings is 1. The maximum absolute atomic E-state index is 13.0. The Bertz CT molecular complexity index is 858. The molecule has 0 aliphatic rings. The molecule has 0 saturated heterocycles. The van der Waals surface area contributed by atoms with Gasteiger partial charge in [-0.25, -0.2) is 9.37 Å². The van der Waals surface area contributed by atoms with E-state index in [1.807, 2.05) is 6.92 Å². The van der Waals surface area contributed by atoms with E-state index in [2.05, 4.69) is 4.98 Å². The first kappa shape index (κ1) is 16.7. The molecule has 6 heteroatoms. The Morgan fingerprint density at radius 3 is 2.64 bits per heavy atom. The quantitative estimate of drug-likeness (QED) is 0.601. The second kappa shape index (κ2) is 7.61. The number of hydrogen-bond donors (Lipinski definition) is 0. The summed E-state index contributed by atoms with van der Waals surface area (Å²) < 4.78 is 29.8. The fraction of sp³-hybridized carbons (Fsp3) is 0.158. The van der Waals surface area contributed by atoms with Crippen LogP contribution in [0.1, 0.15) is 23.2 Å². The minimum Gasteiger partial charge on any atom is -0.490 e. The fourth-order valence-electron chi connectivity index (χ4n) is 2.25. The van der Waals surface area contributed by atoms with Crippen molar-refractivity contribution in [3.63, 3.8) is 0 Å². The Kier molecular flexibility index (Phi) is 5.09. The van der Waals surface area contributed by atoms with Gasteiger partial charge in [-0.1, -0.05) is 0 Å². The van der Waals surface area contributed by atoms with Gasteiger partial charge in [-0.2, -0.15) is 0 Å². The lowest BCUT2D eigenvalue weighted by atomic mass is 10.2. The van der Waals surface area contributed by atoms with E-state index >= 15 is 0 Å². The topological polar surface area (TPSA) is 61.6 Å². The van der Waals surface area contributed by atoms with Crippen LogP contribution in [0.4, 0.5) is 4.39 Å². The molecule has 0 N–H and O–H groups in total. The van der Waals surface area contributed by atoms with E-state index in [0.717, 1.165) is 11.8 Å². The number of rotatable bonds is 7. The maximum atomic E-state index is 13.0. The summed E-state index contributed by atoms with van der Waals surface area (Å²) >= 11 is 0. The molecule has 0 unspecified atom stereocenters. The Hall–Kier alpha value is -3.15.